The first-order valence-corrected chi connectivity index (χ1v) is 9.02. The van der Waals surface area contributed by atoms with Crippen molar-refractivity contribution in [2.45, 2.75) is 25.9 Å². The highest BCUT2D eigenvalue weighted by Crippen LogP contribution is 2.22. The van der Waals surface area contributed by atoms with Gasteiger partial charge >= 0.3 is 0 Å². The van der Waals surface area contributed by atoms with Crippen molar-refractivity contribution in [1.82, 2.24) is 4.90 Å². The largest absolute Gasteiger partial charge is 0.489 e. The number of nitrogens with two attached hydrogens (primary N) is 1. The first-order chi connectivity index (χ1) is 12.3. The summed E-state index contributed by atoms with van der Waals surface area (Å²) < 4.78 is 5.78. The summed E-state index contributed by atoms with van der Waals surface area (Å²) in [6.07, 6.45) is 3.23. The Labute approximate surface area is 149 Å². The van der Waals surface area contributed by atoms with E-state index in [1.807, 2.05) is 59.5 Å². The molecule has 4 nitrogen and oxygen atoms in total. The van der Waals surface area contributed by atoms with Crippen molar-refractivity contribution in [3.05, 3.63) is 65.7 Å². The average Bonchev–Trinajstić information content (AvgIpc) is 2.67. The van der Waals surface area contributed by atoms with Crippen molar-refractivity contribution in [2.24, 2.45) is 11.7 Å². The third-order valence-corrected chi connectivity index (χ3v) is 4.73. The summed E-state index contributed by atoms with van der Waals surface area (Å²) in [6, 6.07) is 17.5. The monoisotopic (exact) mass is 338 g/mol. The van der Waals surface area contributed by atoms with E-state index in [9.17, 15) is 4.79 Å². The van der Waals surface area contributed by atoms with Crippen molar-refractivity contribution in [3.63, 3.8) is 0 Å². The molecular formula is C21H26N2O2. The molecule has 1 aliphatic rings. The second-order valence-electron chi connectivity index (χ2n) is 6.64. The van der Waals surface area contributed by atoms with Crippen LogP contribution in [0, 0.1) is 5.92 Å². The lowest BCUT2D eigenvalue weighted by Crippen LogP contribution is -2.40. The summed E-state index contributed by atoms with van der Waals surface area (Å²) >= 11 is 0. The molecule has 0 spiro atoms. The Morgan fingerprint density at radius 2 is 1.88 bits per heavy atom. The molecule has 1 amide bonds. The molecule has 1 unspecified atom stereocenters. The van der Waals surface area contributed by atoms with Gasteiger partial charge in [0.2, 0.25) is 0 Å². The molecule has 2 N–H and O–H groups in total. The van der Waals surface area contributed by atoms with Gasteiger partial charge in [-0.15, -0.1) is 0 Å². The van der Waals surface area contributed by atoms with Crippen LogP contribution in [0.15, 0.2) is 54.6 Å². The van der Waals surface area contributed by atoms with Crippen LogP contribution in [0.5, 0.6) is 5.75 Å². The van der Waals surface area contributed by atoms with Gasteiger partial charge in [0.15, 0.2) is 0 Å². The smallest absolute Gasteiger partial charge is 0.253 e. The maximum absolute atomic E-state index is 12.7. The number of carbonyl (C=O) groups excluding carboxylic acids is 1. The Morgan fingerprint density at radius 3 is 2.60 bits per heavy atom. The molecule has 0 bridgehead atoms. The first kappa shape index (κ1) is 17.5. The van der Waals surface area contributed by atoms with Gasteiger partial charge in [0.1, 0.15) is 12.4 Å². The molecule has 1 fully saturated rings. The van der Waals surface area contributed by atoms with Gasteiger partial charge in [0, 0.05) is 18.7 Å². The normalized spacial score (nSPS) is 17.3. The van der Waals surface area contributed by atoms with Gasteiger partial charge < -0.3 is 15.4 Å². The van der Waals surface area contributed by atoms with E-state index in [2.05, 4.69) is 0 Å². The Hall–Kier alpha value is -2.33. The Bertz CT molecular complexity index is 668. The SMILES string of the molecule is NCCC1CCCN(C(=O)c2ccc(OCc3ccccc3)cc2)C1. The predicted molar refractivity (Wildman–Crippen MR) is 99.5 cm³/mol. The highest BCUT2D eigenvalue weighted by atomic mass is 16.5. The topological polar surface area (TPSA) is 55.6 Å². The van der Waals surface area contributed by atoms with E-state index in [0.29, 0.717) is 19.1 Å². The third kappa shape index (κ3) is 4.83. The fraction of sp³-hybridized carbons (Fsp3) is 0.381. The number of rotatable bonds is 6. The molecule has 3 rings (SSSR count). The van der Waals surface area contributed by atoms with Crippen LogP contribution < -0.4 is 10.5 Å². The average molecular weight is 338 g/mol. The molecular weight excluding hydrogens is 312 g/mol. The maximum Gasteiger partial charge on any atom is 0.253 e. The molecule has 0 radical (unpaired) electrons. The van der Waals surface area contributed by atoms with Crippen LogP contribution in [0.3, 0.4) is 0 Å². The van der Waals surface area contributed by atoms with Crippen LogP contribution in [0.2, 0.25) is 0 Å². The zero-order valence-electron chi connectivity index (χ0n) is 14.6. The highest BCUT2D eigenvalue weighted by Gasteiger charge is 2.23. The summed E-state index contributed by atoms with van der Waals surface area (Å²) in [5.74, 6) is 1.42. The minimum atomic E-state index is 0.108. The Morgan fingerprint density at radius 1 is 1.12 bits per heavy atom. The molecule has 132 valence electrons. The van der Waals surface area contributed by atoms with Gasteiger partial charge in [0.05, 0.1) is 0 Å². The predicted octanol–water partition coefficient (Wildman–Crippen LogP) is 3.47. The zero-order valence-corrected chi connectivity index (χ0v) is 14.6. The van der Waals surface area contributed by atoms with E-state index in [1.165, 1.54) is 6.42 Å². The lowest BCUT2D eigenvalue weighted by molar-refractivity contribution is 0.0669. The Balaban J connectivity index is 1.57. The van der Waals surface area contributed by atoms with Crippen LogP contribution in [0.1, 0.15) is 35.2 Å². The number of hydrogen-bond donors (Lipinski definition) is 1. The lowest BCUT2D eigenvalue weighted by Gasteiger charge is -2.32. The first-order valence-electron chi connectivity index (χ1n) is 9.02. The zero-order chi connectivity index (χ0) is 17.5. The number of hydrogen-bond acceptors (Lipinski definition) is 3. The van der Waals surface area contributed by atoms with Gasteiger partial charge in [-0.05, 0) is 61.6 Å². The minimum Gasteiger partial charge on any atom is -0.489 e. The van der Waals surface area contributed by atoms with E-state index in [1.54, 1.807) is 0 Å². The van der Waals surface area contributed by atoms with E-state index >= 15 is 0 Å². The van der Waals surface area contributed by atoms with Crippen LogP contribution >= 0.6 is 0 Å². The standard InChI is InChI=1S/C21H26N2O2/c22-13-12-17-7-4-14-23(15-17)21(24)19-8-10-20(11-9-19)25-16-18-5-2-1-3-6-18/h1-3,5-6,8-11,17H,4,7,12-16,22H2. The molecule has 0 aliphatic carbocycles. The molecule has 1 atom stereocenters. The summed E-state index contributed by atoms with van der Waals surface area (Å²) in [4.78, 5) is 14.7. The van der Waals surface area contributed by atoms with E-state index in [4.69, 9.17) is 10.5 Å². The number of ether oxygens (including phenoxy) is 1. The number of amides is 1. The van der Waals surface area contributed by atoms with Crippen molar-refractivity contribution < 1.29 is 9.53 Å². The van der Waals surface area contributed by atoms with Gasteiger partial charge in [-0.3, -0.25) is 4.79 Å². The maximum atomic E-state index is 12.7. The summed E-state index contributed by atoms with van der Waals surface area (Å²) in [5, 5.41) is 0. The van der Waals surface area contributed by atoms with Crippen molar-refractivity contribution in [3.8, 4) is 5.75 Å². The molecule has 1 heterocycles. The second kappa shape index (κ2) is 8.67. The Kier molecular flexibility index (Phi) is 6.07. The molecule has 0 aromatic heterocycles. The summed E-state index contributed by atoms with van der Waals surface area (Å²) in [7, 11) is 0. The number of benzene rings is 2. The van der Waals surface area contributed by atoms with Gasteiger partial charge in [-0.2, -0.15) is 0 Å². The van der Waals surface area contributed by atoms with Crippen LogP contribution in [-0.4, -0.2) is 30.4 Å². The quantitative estimate of drug-likeness (QED) is 0.877. The molecule has 25 heavy (non-hydrogen) atoms. The minimum absolute atomic E-state index is 0.108. The molecule has 1 saturated heterocycles. The molecule has 0 saturated carbocycles. The van der Waals surface area contributed by atoms with E-state index in [0.717, 1.165) is 42.8 Å². The van der Waals surface area contributed by atoms with Crippen LogP contribution in [0.25, 0.3) is 0 Å². The van der Waals surface area contributed by atoms with Crippen molar-refractivity contribution in [2.75, 3.05) is 19.6 Å². The summed E-state index contributed by atoms with van der Waals surface area (Å²) in [6.45, 7) is 2.88. The third-order valence-electron chi connectivity index (χ3n) is 4.73. The van der Waals surface area contributed by atoms with Crippen LogP contribution in [0.4, 0.5) is 0 Å². The van der Waals surface area contributed by atoms with Gasteiger partial charge in [-0.25, -0.2) is 0 Å². The molecule has 2 aromatic carbocycles. The summed E-state index contributed by atoms with van der Waals surface area (Å²) in [5.41, 5.74) is 7.51. The fourth-order valence-electron chi connectivity index (χ4n) is 3.34. The fourth-order valence-corrected chi connectivity index (χ4v) is 3.34. The molecule has 2 aromatic rings. The van der Waals surface area contributed by atoms with Crippen molar-refractivity contribution in [1.29, 1.82) is 0 Å². The highest BCUT2D eigenvalue weighted by molar-refractivity contribution is 5.94. The van der Waals surface area contributed by atoms with Crippen molar-refractivity contribution >= 4 is 5.91 Å². The number of nitrogens with zero attached hydrogens (tertiary/aromatic N) is 1. The second-order valence-corrected chi connectivity index (χ2v) is 6.64. The van der Waals surface area contributed by atoms with Gasteiger partial charge in [0.25, 0.3) is 5.91 Å². The van der Waals surface area contributed by atoms with E-state index in [-0.39, 0.29) is 5.91 Å². The number of likely N-dealkylation sites (tertiary alicyclic amines) is 1. The number of piperidine rings is 1. The van der Waals surface area contributed by atoms with Gasteiger partial charge in [-0.1, -0.05) is 30.3 Å². The molecule has 1 aliphatic heterocycles. The number of carbonyl (C=O) groups is 1. The molecule has 4 heteroatoms. The van der Waals surface area contributed by atoms with Crippen LogP contribution in [-0.2, 0) is 6.61 Å². The van der Waals surface area contributed by atoms with E-state index < -0.39 is 0 Å². The lowest BCUT2D eigenvalue weighted by atomic mass is 9.94.